The Kier molecular flexibility index (Phi) is 5.86. The van der Waals surface area contributed by atoms with Gasteiger partial charge in [0.15, 0.2) is 4.46 Å². The van der Waals surface area contributed by atoms with E-state index in [4.69, 9.17) is 0 Å². The molecule has 0 aliphatic rings. The fourth-order valence-electron chi connectivity index (χ4n) is 0.485. The highest BCUT2D eigenvalue weighted by molar-refractivity contribution is 14.1. The van der Waals surface area contributed by atoms with E-state index in [9.17, 15) is 0 Å². The fourth-order valence-corrected chi connectivity index (χ4v) is 0.926. The van der Waals surface area contributed by atoms with E-state index in [0.29, 0.717) is 0 Å². The van der Waals surface area contributed by atoms with Crippen molar-refractivity contribution in [2.45, 2.75) is 13.6 Å². The zero-order valence-electron chi connectivity index (χ0n) is 5.08. The molecule has 36 valence electrons. The SMILES string of the molecule is CBBBB(C)I. The first-order chi connectivity index (χ1) is 3.27. The Morgan fingerprint density at radius 2 is 2.14 bits per heavy atom. The van der Waals surface area contributed by atoms with Crippen molar-refractivity contribution in [3.05, 3.63) is 0 Å². The zero-order valence-corrected chi connectivity index (χ0v) is 7.23. The molecule has 0 atom stereocenters. The minimum Gasteiger partial charge on any atom is -0.162 e. The van der Waals surface area contributed by atoms with Gasteiger partial charge in [0.2, 0.25) is 0 Å². The lowest BCUT2D eigenvalue weighted by Gasteiger charge is -1.87. The van der Waals surface area contributed by atoms with Gasteiger partial charge in [-0.15, -0.1) is 0 Å². The maximum absolute atomic E-state index is 2.47. The van der Waals surface area contributed by atoms with Crippen LogP contribution >= 0.6 is 22.4 Å². The van der Waals surface area contributed by atoms with E-state index in [-0.39, 0.29) is 0 Å². The van der Waals surface area contributed by atoms with Crippen molar-refractivity contribution in [2.24, 2.45) is 0 Å². The third kappa shape index (κ3) is 6.99. The van der Waals surface area contributed by atoms with Crippen LogP contribution in [0.15, 0.2) is 0 Å². The standard InChI is InChI=1S/C2H9B4I/c1-3-4-5-6(2)7/h3-5H,1-2H3. The van der Waals surface area contributed by atoms with Gasteiger partial charge in [-0.05, 0) is 0 Å². The smallest absolute Gasteiger partial charge is 0.162 e. The molecule has 0 aromatic carbocycles. The van der Waals surface area contributed by atoms with Crippen molar-refractivity contribution in [1.29, 1.82) is 0 Å². The van der Waals surface area contributed by atoms with Crippen LogP contribution in [0.5, 0.6) is 0 Å². The molecule has 0 fully saturated rings. The van der Waals surface area contributed by atoms with E-state index in [2.05, 4.69) is 36.0 Å². The number of hydrogen-bond donors (Lipinski definition) is 0. The minimum absolute atomic E-state index is 0.873. The van der Waals surface area contributed by atoms with Crippen LogP contribution in [0, 0.1) is 0 Å². The molecule has 0 saturated carbocycles. The second kappa shape index (κ2) is 5.13. The average molecular weight is 203 g/mol. The van der Waals surface area contributed by atoms with E-state index in [0.717, 1.165) is 4.46 Å². The van der Waals surface area contributed by atoms with Crippen molar-refractivity contribution in [3.8, 4) is 0 Å². The van der Waals surface area contributed by atoms with Crippen LogP contribution in [0.4, 0.5) is 0 Å². The van der Waals surface area contributed by atoms with Crippen LogP contribution in [0.3, 0.4) is 0 Å². The summed E-state index contributed by atoms with van der Waals surface area (Å²) >= 11 is 2.47. The van der Waals surface area contributed by atoms with Gasteiger partial charge in [-0.2, -0.15) is 22.4 Å². The molecule has 0 heterocycles. The van der Waals surface area contributed by atoms with Crippen molar-refractivity contribution >= 4 is 48.1 Å². The Labute approximate surface area is 61.8 Å². The van der Waals surface area contributed by atoms with E-state index in [1.165, 1.54) is 21.3 Å². The minimum atomic E-state index is 0.873. The second-order valence-corrected chi connectivity index (χ2v) is 4.05. The fraction of sp³-hybridized carbons (Fsp3) is 1.00. The molecule has 0 amide bonds. The molecule has 0 aromatic heterocycles. The van der Waals surface area contributed by atoms with Gasteiger partial charge < -0.3 is 0 Å². The van der Waals surface area contributed by atoms with Crippen LogP contribution in [0.2, 0.25) is 13.6 Å². The first-order valence-electron chi connectivity index (χ1n) is 2.91. The van der Waals surface area contributed by atoms with Crippen molar-refractivity contribution in [3.63, 3.8) is 0 Å². The topological polar surface area (TPSA) is 0 Å². The molecule has 7 heavy (non-hydrogen) atoms. The third-order valence-electron chi connectivity index (χ3n) is 0.955. The molecule has 0 aliphatic carbocycles. The summed E-state index contributed by atoms with van der Waals surface area (Å²) in [5.74, 6) is 0. The quantitative estimate of drug-likeness (QED) is 0.437. The van der Waals surface area contributed by atoms with Crippen LogP contribution < -0.4 is 0 Å². The summed E-state index contributed by atoms with van der Waals surface area (Å²) < 4.78 is 0.873. The molecule has 5 heteroatoms. The van der Waals surface area contributed by atoms with Gasteiger partial charge in [0.25, 0.3) is 0 Å². The Morgan fingerprint density at radius 1 is 1.57 bits per heavy atom. The highest BCUT2D eigenvalue weighted by Crippen LogP contribution is 1.87. The molecule has 0 bridgehead atoms. The molecule has 0 unspecified atom stereocenters. The summed E-state index contributed by atoms with van der Waals surface area (Å²) in [5, 5.41) is 0. The lowest BCUT2D eigenvalue weighted by molar-refractivity contribution is 2.35. The van der Waals surface area contributed by atoms with Gasteiger partial charge in [-0.25, -0.2) is 0 Å². The van der Waals surface area contributed by atoms with E-state index < -0.39 is 0 Å². The average Bonchev–Trinajstić information content (AvgIpc) is 1.61. The Balaban J connectivity index is 2.68. The Bertz CT molecular complexity index is 38.7. The molecular weight excluding hydrogens is 194 g/mol. The van der Waals surface area contributed by atoms with Gasteiger partial charge in [-0.1, -0.05) is 13.6 Å². The van der Waals surface area contributed by atoms with E-state index in [1.807, 2.05) is 0 Å². The van der Waals surface area contributed by atoms with Crippen molar-refractivity contribution in [1.82, 2.24) is 0 Å². The summed E-state index contributed by atoms with van der Waals surface area (Å²) in [6, 6.07) is 0. The molecule has 0 radical (unpaired) electrons. The summed E-state index contributed by atoms with van der Waals surface area (Å²) in [4.78, 5) is 0. The summed E-state index contributed by atoms with van der Waals surface area (Å²) in [7, 11) is 4.12. The highest BCUT2D eigenvalue weighted by Gasteiger charge is 2.00. The Morgan fingerprint density at radius 3 is 2.29 bits per heavy atom. The van der Waals surface area contributed by atoms with Gasteiger partial charge in [-0.3, -0.25) is 0 Å². The summed E-state index contributed by atoms with van der Waals surface area (Å²) in [6.45, 7) is 4.50. The first-order valence-corrected chi connectivity index (χ1v) is 4.16. The van der Waals surface area contributed by atoms with Gasteiger partial charge >= 0.3 is 0 Å². The predicted octanol–water partition coefficient (Wildman–Crippen LogP) is -0.273. The van der Waals surface area contributed by atoms with Crippen LogP contribution in [0.25, 0.3) is 0 Å². The van der Waals surface area contributed by atoms with E-state index >= 15 is 0 Å². The van der Waals surface area contributed by atoms with Gasteiger partial charge in [0.1, 0.15) is 0 Å². The number of hydrogen-bond acceptors (Lipinski definition) is 0. The molecule has 0 aromatic rings. The zero-order chi connectivity index (χ0) is 5.70. The highest BCUT2D eigenvalue weighted by atomic mass is 127. The molecule has 0 aliphatic heterocycles. The normalized spacial score (nSPS) is 7.29. The van der Waals surface area contributed by atoms with Crippen molar-refractivity contribution in [2.75, 3.05) is 0 Å². The monoisotopic (exact) mass is 204 g/mol. The van der Waals surface area contributed by atoms with Crippen LogP contribution in [-0.2, 0) is 0 Å². The summed E-state index contributed by atoms with van der Waals surface area (Å²) in [6.07, 6.45) is 0. The number of rotatable bonds is 3. The molecule has 0 nitrogen and oxygen atoms in total. The van der Waals surface area contributed by atoms with Crippen LogP contribution in [0.1, 0.15) is 0 Å². The first kappa shape index (κ1) is 7.99. The van der Waals surface area contributed by atoms with Gasteiger partial charge in [0.05, 0.1) is 14.2 Å². The molecular formula is C2H9B4I. The molecule has 0 saturated heterocycles. The summed E-state index contributed by atoms with van der Waals surface area (Å²) in [5.41, 5.74) is 0. The maximum Gasteiger partial charge on any atom is 0.169 e. The molecule has 0 N–H and O–H groups in total. The van der Waals surface area contributed by atoms with Crippen LogP contribution in [-0.4, -0.2) is 25.8 Å². The number of halogens is 1. The lowest BCUT2D eigenvalue weighted by atomic mass is 9.09. The molecule has 0 rings (SSSR count). The van der Waals surface area contributed by atoms with Crippen molar-refractivity contribution < 1.29 is 0 Å². The van der Waals surface area contributed by atoms with E-state index in [1.54, 1.807) is 0 Å². The molecule has 0 spiro atoms. The lowest BCUT2D eigenvalue weighted by Crippen LogP contribution is -2.20. The maximum atomic E-state index is 2.47. The van der Waals surface area contributed by atoms with Gasteiger partial charge in [0, 0.05) is 7.06 Å². The third-order valence-corrected chi connectivity index (χ3v) is 1.58. The second-order valence-electron chi connectivity index (χ2n) is 1.92. The largest absolute Gasteiger partial charge is 0.169 e. The Hall–Kier alpha value is 0.990. The predicted molar refractivity (Wildman–Crippen MR) is 52.9 cm³/mol.